The van der Waals surface area contributed by atoms with E-state index in [1.54, 1.807) is 0 Å². The summed E-state index contributed by atoms with van der Waals surface area (Å²) in [6, 6.07) is 0. The van der Waals surface area contributed by atoms with E-state index in [9.17, 15) is 9.59 Å². The first-order valence-corrected chi connectivity index (χ1v) is 9.64. The molecule has 0 aliphatic carbocycles. The number of esters is 2. The Morgan fingerprint density at radius 1 is 0.833 bits per heavy atom. The summed E-state index contributed by atoms with van der Waals surface area (Å²) in [4.78, 5) is 23.6. The van der Waals surface area contributed by atoms with Crippen LogP contribution < -0.4 is 5.73 Å². The average Bonchev–Trinajstić information content (AvgIpc) is 2.59. The number of rotatable bonds is 15. The van der Waals surface area contributed by atoms with Crippen LogP contribution in [0.2, 0.25) is 0 Å². The standard InChI is InChI=1S/C19H37NO4/c1-4-7-13-19(6-3,15-23-17(21)11-5-2)16-24-18(22)12-9-8-10-14-20/h4-16,20H2,1-3H3/p+1. The lowest BCUT2D eigenvalue weighted by molar-refractivity contribution is -0.368. The largest absolute Gasteiger partial charge is 0.465 e. The molecule has 0 aromatic rings. The van der Waals surface area contributed by atoms with Crippen molar-refractivity contribution >= 4 is 11.9 Å². The van der Waals surface area contributed by atoms with Gasteiger partial charge in [0.05, 0.1) is 6.54 Å². The third-order valence-electron chi connectivity index (χ3n) is 4.47. The van der Waals surface area contributed by atoms with Gasteiger partial charge in [-0.1, -0.05) is 33.6 Å². The predicted molar refractivity (Wildman–Crippen MR) is 95.3 cm³/mol. The van der Waals surface area contributed by atoms with Gasteiger partial charge in [-0.2, -0.15) is 0 Å². The first-order valence-electron chi connectivity index (χ1n) is 9.64. The van der Waals surface area contributed by atoms with E-state index in [2.05, 4.69) is 19.6 Å². The molecule has 0 aromatic carbocycles. The molecule has 0 aromatic heterocycles. The van der Waals surface area contributed by atoms with Crippen molar-refractivity contribution in [2.45, 2.75) is 85.0 Å². The highest BCUT2D eigenvalue weighted by Crippen LogP contribution is 2.30. The van der Waals surface area contributed by atoms with E-state index in [1.807, 2.05) is 6.92 Å². The van der Waals surface area contributed by atoms with Crippen LogP contribution in [-0.4, -0.2) is 31.7 Å². The lowest BCUT2D eigenvalue weighted by Gasteiger charge is -2.31. The van der Waals surface area contributed by atoms with Crippen LogP contribution >= 0.6 is 0 Å². The second-order valence-electron chi connectivity index (χ2n) is 6.69. The van der Waals surface area contributed by atoms with Gasteiger partial charge in [-0.05, 0) is 38.5 Å². The fourth-order valence-electron chi connectivity index (χ4n) is 2.56. The van der Waals surface area contributed by atoms with Crippen molar-refractivity contribution in [3.8, 4) is 0 Å². The molecule has 0 aliphatic heterocycles. The Bertz CT molecular complexity index is 346. The maximum absolute atomic E-state index is 11.9. The minimum Gasteiger partial charge on any atom is -0.465 e. The summed E-state index contributed by atoms with van der Waals surface area (Å²) < 4.78 is 11.0. The van der Waals surface area contributed by atoms with E-state index in [4.69, 9.17) is 9.47 Å². The Morgan fingerprint density at radius 2 is 1.46 bits per heavy atom. The number of ether oxygens (including phenoxy) is 2. The summed E-state index contributed by atoms with van der Waals surface area (Å²) in [7, 11) is 0. The first-order chi connectivity index (χ1) is 11.5. The third kappa shape index (κ3) is 10.6. The van der Waals surface area contributed by atoms with Crippen LogP contribution in [0.5, 0.6) is 0 Å². The average molecular weight is 345 g/mol. The highest BCUT2D eigenvalue weighted by Gasteiger charge is 2.31. The summed E-state index contributed by atoms with van der Waals surface area (Å²) in [6.45, 7) is 7.77. The van der Waals surface area contributed by atoms with E-state index in [-0.39, 0.29) is 17.4 Å². The summed E-state index contributed by atoms with van der Waals surface area (Å²) in [6.07, 6.45) is 8.48. The number of unbranched alkanes of at least 4 members (excludes halogenated alkanes) is 3. The summed E-state index contributed by atoms with van der Waals surface area (Å²) in [5, 5.41) is 0. The van der Waals surface area contributed by atoms with Crippen LogP contribution in [0, 0.1) is 5.41 Å². The van der Waals surface area contributed by atoms with Crippen LogP contribution in [0.3, 0.4) is 0 Å². The van der Waals surface area contributed by atoms with Crippen molar-refractivity contribution in [2.24, 2.45) is 5.41 Å². The normalized spacial score (nSPS) is 13.3. The molecule has 0 aliphatic rings. The highest BCUT2D eigenvalue weighted by atomic mass is 16.5. The van der Waals surface area contributed by atoms with E-state index in [1.165, 1.54) is 0 Å². The zero-order valence-electron chi connectivity index (χ0n) is 16.0. The van der Waals surface area contributed by atoms with E-state index in [0.29, 0.717) is 26.1 Å². The van der Waals surface area contributed by atoms with Gasteiger partial charge in [0.2, 0.25) is 0 Å². The van der Waals surface area contributed by atoms with E-state index in [0.717, 1.165) is 57.9 Å². The highest BCUT2D eigenvalue weighted by molar-refractivity contribution is 5.69. The van der Waals surface area contributed by atoms with Crippen LogP contribution in [0.4, 0.5) is 0 Å². The molecule has 24 heavy (non-hydrogen) atoms. The fraction of sp³-hybridized carbons (Fsp3) is 0.895. The molecule has 0 saturated carbocycles. The van der Waals surface area contributed by atoms with Crippen LogP contribution in [0.1, 0.15) is 85.0 Å². The molecule has 142 valence electrons. The molecule has 0 fully saturated rings. The topological polar surface area (TPSA) is 80.2 Å². The first kappa shape index (κ1) is 22.9. The SMILES string of the molecule is CCCCC(CC)(COC(=O)CCC)COC(=O)CCCCC[NH3+]. The van der Waals surface area contributed by atoms with Crippen molar-refractivity contribution in [2.75, 3.05) is 19.8 Å². The summed E-state index contributed by atoms with van der Waals surface area (Å²) in [5.41, 5.74) is 3.55. The minimum absolute atomic E-state index is 0.145. The van der Waals surface area contributed by atoms with Crippen LogP contribution in [0.25, 0.3) is 0 Å². The molecule has 5 heteroatoms. The molecule has 0 heterocycles. The molecule has 0 saturated heterocycles. The summed E-state index contributed by atoms with van der Waals surface area (Å²) in [5.74, 6) is -0.306. The van der Waals surface area contributed by atoms with Crippen LogP contribution in [0.15, 0.2) is 0 Å². The van der Waals surface area contributed by atoms with E-state index < -0.39 is 0 Å². The maximum atomic E-state index is 11.9. The molecule has 3 N–H and O–H groups in total. The zero-order chi connectivity index (χ0) is 18.3. The van der Waals surface area contributed by atoms with Crippen molar-refractivity contribution in [1.29, 1.82) is 0 Å². The number of hydrogen-bond acceptors (Lipinski definition) is 4. The molecule has 1 unspecified atom stereocenters. The molecular formula is C19H38NO4+. The van der Waals surface area contributed by atoms with Crippen molar-refractivity contribution in [3.63, 3.8) is 0 Å². The van der Waals surface area contributed by atoms with E-state index >= 15 is 0 Å². The van der Waals surface area contributed by atoms with Crippen molar-refractivity contribution in [1.82, 2.24) is 0 Å². The molecule has 0 spiro atoms. The Kier molecular flexibility index (Phi) is 13.6. The second-order valence-corrected chi connectivity index (χ2v) is 6.69. The van der Waals surface area contributed by atoms with Crippen LogP contribution in [-0.2, 0) is 19.1 Å². The van der Waals surface area contributed by atoms with Gasteiger partial charge in [0.15, 0.2) is 0 Å². The molecule has 1 atom stereocenters. The number of carbonyl (C=O) groups excluding carboxylic acids is 2. The van der Waals surface area contributed by atoms with Gasteiger partial charge >= 0.3 is 11.9 Å². The molecular weight excluding hydrogens is 306 g/mol. The smallest absolute Gasteiger partial charge is 0.305 e. The van der Waals surface area contributed by atoms with Gasteiger partial charge in [-0.3, -0.25) is 9.59 Å². The fourth-order valence-corrected chi connectivity index (χ4v) is 2.56. The third-order valence-corrected chi connectivity index (χ3v) is 4.47. The number of carbonyl (C=O) groups is 2. The Morgan fingerprint density at radius 3 is 1.96 bits per heavy atom. The molecule has 0 radical (unpaired) electrons. The number of quaternary nitrogens is 1. The molecule has 0 bridgehead atoms. The molecule has 5 nitrogen and oxygen atoms in total. The van der Waals surface area contributed by atoms with Crippen molar-refractivity contribution in [3.05, 3.63) is 0 Å². The maximum Gasteiger partial charge on any atom is 0.305 e. The van der Waals surface area contributed by atoms with Crippen molar-refractivity contribution < 1.29 is 24.8 Å². The van der Waals surface area contributed by atoms with Gasteiger partial charge in [-0.15, -0.1) is 0 Å². The lowest BCUT2D eigenvalue weighted by Crippen LogP contribution is -2.50. The molecule has 0 rings (SSSR count). The van der Waals surface area contributed by atoms with Gasteiger partial charge in [0, 0.05) is 18.3 Å². The predicted octanol–water partition coefficient (Wildman–Crippen LogP) is 3.26. The molecule has 0 amide bonds. The summed E-state index contributed by atoms with van der Waals surface area (Å²) >= 11 is 0. The quantitative estimate of drug-likeness (QED) is 0.365. The Hall–Kier alpha value is -1.10. The van der Waals surface area contributed by atoms with Gasteiger partial charge in [0.25, 0.3) is 0 Å². The van der Waals surface area contributed by atoms with Gasteiger partial charge < -0.3 is 15.2 Å². The Balaban J connectivity index is 4.46. The van der Waals surface area contributed by atoms with Gasteiger partial charge in [-0.25, -0.2) is 0 Å². The number of hydrogen-bond donors (Lipinski definition) is 1. The second kappa shape index (κ2) is 14.3. The van der Waals surface area contributed by atoms with Gasteiger partial charge in [0.1, 0.15) is 13.2 Å². The monoisotopic (exact) mass is 344 g/mol. The minimum atomic E-state index is -0.248. The Labute approximate surface area is 147 Å². The zero-order valence-corrected chi connectivity index (χ0v) is 16.0. The lowest BCUT2D eigenvalue weighted by atomic mass is 9.81.